The summed E-state index contributed by atoms with van der Waals surface area (Å²) in [6.07, 6.45) is 9.88. The molecule has 0 aromatic heterocycles. The van der Waals surface area contributed by atoms with Crippen molar-refractivity contribution in [2.45, 2.75) is 67.7 Å². The highest BCUT2D eigenvalue weighted by Gasteiger charge is 1.88. The molecule has 0 spiro atoms. The Morgan fingerprint density at radius 3 is 1.96 bits per heavy atom. The Hall–Kier alpha value is -1.13. The summed E-state index contributed by atoms with van der Waals surface area (Å²) in [6, 6.07) is 0. The molecule has 140 valence electrons. The average Bonchev–Trinajstić information content (AvgIpc) is 2.60. The first kappa shape index (κ1) is 29.8. The van der Waals surface area contributed by atoms with Crippen LogP contribution in [-0.4, -0.2) is 38.5 Å². The van der Waals surface area contributed by atoms with Crippen LogP contribution in [0.2, 0.25) is 0 Å². The van der Waals surface area contributed by atoms with Crippen molar-refractivity contribution in [2.75, 3.05) is 27.2 Å². The molecule has 0 aromatic rings. The summed E-state index contributed by atoms with van der Waals surface area (Å²) in [5, 5.41) is 4.90. The third-order valence-electron chi connectivity index (χ3n) is 2.28. The van der Waals surface area contributed by atoms with Gasteiger partial charge in [-0.1, -0.05) is 66.7 Å². The lowest BCUT2D eigenvalue weighted by Crippen LogP contribution is -2.34. The van der Waals surface area contributed by atoms with Crippen LogP contribution in [0.25, 0.3) is 0 Å². The third-order valence-corrected chi connectivity index (χ3v) is 2.28. The van der Waals surface area contributed by atoms with Crippen molar-refractivity contribution < 1.29 is 4.79 Å². The SMILES string of the molecule is CC.CC.CC/C=C\C/C=C(/C=O)NC.CCCN(C)NCC. The lowest BCUT2D eigenvalue weighted by atomic mass is 10.3. The molecule has 23 heavy (non-hydrogen) atoms. The summed E-state index contributed by atoms with van der Waals surface area (Å²) >= 11 is 0. The zero-order chi connectivity index (χ0) is 18.9. The van der Waals surface area contributed by atoms with Gasteiger partial charge in [-0.15, -0.1) is 0 Å². The van der Waals surface area contributed by atoms with E-state index in [1.165, 1.54) is 6.42 Å². The molecular weight excluding hydrogens is 286 g/mol. The smallest absolute Gasteiger partial charge is 0.165 e. The molecule has 4 heteroatoms. The number of hydrazine groups is 1. The quantitative estimate of drug-likeness (QED) is 0.282. The van der Waals surface area contributed by atoms with Crippen molar-refractivity contribution in [3.05, 3.63) is 23.9 Å². The number of carbonyl (C=O) groups excluding carboxylic acids is 1. The molecule has 0 atom stereocenters. The van der Waals surface area contributed by atoms with Crippen LogP contribution in [0.3, 0.4) is 0 Å². The van der Waals surface area contributed by atoms with E-state index in [0.717, 1.165) is 32.2 Å². The molecule has 0 rings (SSSR count). The lowest BCUT2D eigenvalue weighted by molar-refractivity contribution is -0.105. The molecule has 0 fully saturated rings. The third kappa shape index (κ3) is 33.6. The maximum Gasteiger partial charge on any atom is 0.165 e. The topological polar surface area (TPSA) is 44.4 Å². The molecule has 4 nitrogen and oxygen atoms in total. The first-order valence-corrected chi connectivity index (χ1v) is 9.08. The van der Waals surface area contributed by atoms with E-state index in [-0.39, 0.29) is 0 Å². The van der Waals surface area contributed by atoms with E-state index >= 15 is 0 Å². The summed E-state index contributed by atoms with van der Waals surface area (Å²) < 4.78 is 0. The Bertz CT molecular complexity index is 245. The Morgan fingerprint density at radius 2 is 1.61 bits per heavy atom. The maximum atomic E-state index is 10.2. The second kappa shape index (κ2) is 32.7. The van der Waals surface area contributed by atoms with Crippen LogP contribution in [0.1, 0.15) is 67.7 Å². The molecule has 0 saturated carbocycles. The van der Waals surface area contributed by atoms with Crippen LogP contribution < -0.4 is 10.7 Å². The van der Waals surface area contributed by atoms with Crippen LogP contribution in [0, 0.1) is 0 Å². The van der Waals surface area contributed by atoms with Crippen LogP contribution >= 0.6 is 0 Å². The van der Waals surface area contributed by atoms with Gasteiger partial charge in [0.2, 0.25) is 0 Å². The van der Waals surface area contributed by atoms with Gasteiger partial charge in [-0.25, -0.2) is 5.01 Å². The zero-order valence-electron chi connectivity index (χ0n) is 17.2. The molecule has 0 heterocycles. The predicted octanol–water partition coefficient (Wildman–Crippen LogP) is 4.55. The molecular formula is C19H43N3O. The van der Waals surface area contributed by atoms with E-state index in [1.54, 1.807) is 7.05 Å². The average molecular weight is 330 g/mol. The van der Waals surface area contributed by atoms with E-state index in [1.807, 2.05) is 39.8 Å². The Balaban J connectivity index is -0.000000133. The molecule has 0 radical (unpaired) electrons. The van der Waals surface area contributed by atoms with Gasteiger partial charge >= 0.3 is 0 Å². The fourth-order valence-corrected chi connectivity index (χ4v) is 1.35. The largest absolute Gasteiger partial charge is 0.386 e. The van der Waals surface area contributed by atoms with Gasteiger partial charge in [0, 0.05) is 27.2 Å². The van der Waals surface area contributed by atoms with Gasteiger partial charge in [0.05, 0.1) is 5.70 Å². The number of hydrogen-bond acceptors (Lipinski definition) is 4. The number of likely N-dealkylation sites (N-methyl/N-ethyl adjacent to an activating group) is 1. The van der Waals surface area contributed by atoms with Gasteiger partial charge in [0.1, 0.15) is 0 Å². The Kier molecular flexibility index (Phi) is 42.4. The Labute approximate surface area is 146 Å². The molecule has 0 amide bonds. The molecule has 0 bridgehead atoms. The fraction of sp³-hybridized carbons (Fsp3) is 0.737. The first-order valence-electron chi connectivity index (χ1n) is 9.08. The monoisotopic (exact) mass is 329 g/mol. The van der Waals surface area contributed by atoms with Gasteiger partial charge in [0.15, 0.2) is 6.29 Å². The lowest BCUT2D eigenvalue weighted by Gasteiger charge is -2.14. The van der Waals surface area contributed by atoms with Gasteiger partial charge in [-0.2, -0.15) is 0 Å². The number of carbonyl (C=O) groups is 1. The van der Waals surface area contributed by atoms with Crippen LogP contribution in [0.5, 0.6) is 0 Å². The van der Waals surface area contributed by atoms with Crippen molar-refractivity contribution in [3.8, 4) is 0 Å². The van der Waals surface area contributed by atoms with E-state index in [0.29, 0.717) is 5.70 Å². The summed E-state index contributed by atoms with van der Waals surface area (Å²) in [5.74, 6) is 0. The second-order valence-electron chi connectivity index (χ2n) is 4.08. The molecule has 2 N–H and O–H groups in total. The molecule has 0 saturated heterocycles. The van der Waals surface area contributed by atoms with Gasteiger partial charge in [-0.05, 0) is 19.3 Å². The summed E-state index contributed by atoms with van der Waals surface area (Å²) in [7, 11) is 3.80. The zero-order valence-corrected chi connectivity index (χ0v) is 17.2. The first-order chi connectivity index (χ1) is 11.2. The highest BCUT2D eigenvalue weighted by molar-refractivity contribution is 5.72. The fourth-order valence-electron chi connectivity index (χ4n) is 1.35. The number of nitrogens with one attached hydrogen (secondary N) is 2. The predicted molar refractivity (Wildman–Crippen MR) is 107 cm³/mol. The van der Waals surface area contributed by atoms with Crippen molar-refractivity contribution in [1.82, 2.24) is 15.8 Å². The Morgan fingerprint density at radius 1 is 1.04 bits per heavy atom. The van der Waals surface area contributed by atoms with E-state index in [9.17, 15) is 4.79 Å². The number of rotatable bonds is 9. The van der Waals surface area contributed by atoms with Crippen LogP contribution in [-0.2, 0) is 4.79 Å². The van der Waals surface area contributed by atoms with Crippen molar-refractivity contribution in [3.63, 3.8) is 0 Å². The summed E-state index contributed by atoms with van der Waals surface area (Å²) in [6.45, 7) is 16.5. The normalized spacial score (nSPS) is 9.91. The van der Waals surface area contributed by atoms with Crippen LogP contribution in [0.4, 0.5) is 0 Å². The van der Waals surface area contributed by atoms with Gasteiger partial charge < -0.3 is 5.32 Å². The van der Waals surface area contributed by atoms with E-state index < -0.39 is 0 Å². The number of nitrogens with zero attached hydrogens (tertiary/aromatic N) is 1. The standard InChI is InChI=1S/C9H15NO.C6H16N2.2C2H6/c1-3-4-5-6-7-9(8-11)10-2;1-4-6-8(3)7-5-2;2*1-2/h4-5,7-8,10H,3,6H2,1-2H3;7H,4-6H2,1-3H3;2*1-2H3/b5-4-,9-7-;;;. The van der Waals surface area contributed by atoms with Crippen molar-refractivity contribution in [1.29, 1.82) is 0 Å². The minimum absolute atomic E-state index is 0.644. The van der Waals surface area contributed by atoms with Crippen molar-refractivity contribution in [2.24, 2.45) is 0 Å². The molecule has 0 aliphatic carbocycles. The highest BCUT2D eigenvalue weighted by atomic mass is 16.1. The molecule has 0 aliphatic rings. The number of allylic oxidation sites excluding steroid dienone is 4. The van der Waals surface area contributed by atoms with E-state index in [2.05, 4.69) is 49.6 Å². The van der Waals surface area contributed by atoms with Crippen LogP contribution in [0.15, 0.2) is 23.9 Å². The summed E-state index contributed by atoms with van der Waals surface area (Å²) in [4.78, 5) is 10.2. The number of aldehydes is 1. The van der Waals surface area contributed by atoms with Gasteiger partial charge in [0.25, 0.3) is 0 Å². The second-order valence-corrected chi connectivity index (χ2v) is 4.08. The minimum Gasteiger partial charge on any atom is -0.386 e. The summed E-state index contributed by atoms with van der Waals surface area (Å²) in [5.41, 5.74) is 3.82. The number of hydrogen-bond donors (Lipinski definition) is 2. The minimum atomic E-state index is 0.644. The van der Waals surface area contributed by atoms with E-state index in [4.69, 9.17) is 0 Å². The molecule has 0 aromatic carbocycles. The van der Waals surface area contributed by atoms with Gasteiger partial charge in [-0.3, -0.25) is 10.2 Å². The highest BCUT2D eigenvalue weighted by Crippen LogP contribution is 1.91. The molecule has 0 unspecified atom stereocenters. The van der Waals surface area contributed by atoms with Crippen molar-refractivity contribution >= 4 is 6.29 Å². The molecule has 0 aliphatic heterocycles. The maximum absolute atomic E-state index is 10.2.